The number of rotatable bonds is 5. The summed E-state index contributed by atoms with van der Waals surface area (Å²) >= 11 is 0. The van der Waals surface area contributed by atoms with E-state index in [1.165, 1.54) is 0 Å². The van der Waals surface area contributed by atoms with Crippen molar-refractivity contribution in [3.8, 4) is 11.5 Å². The Morgan fingerprint density at radius 2 is 2.29 bits per heavy atom. The maximum absolute atomic E-state index is 12.3. The normalized spacial score (nSPS) is 16.2. The van der Waals surface area contributed by atoms with Crippen LogP contribution in [0.3, 0.4) is 0 Å². The molecule has 0 spiro atoms. The molecule has 3 rings (SSSR count). The number of hydrogen-bond donors (Lipinski definition) is 1. The Kier molecular flexibility index (Phi) is 4.74. The highest BCUT2D eigenvalue weighted by Gasteiger charge is 2.23. The predicted molar refractivity (Wildman–Crippen MR) is 88.6 cm³/mol. The molecular weight excluding hydrogens is 308 g/mol. The highest BCUT2D eigenvalue weighted by atomic mass is 16.5. The lowest BCUT2D eigenvalue weighted by molar-refractivity contribution is 0.0908. The van der Waals surface area contributed by atoms with Gasteiger partial charge in [0.1, 0.15) is 11.5 Å². The molecular formula is C18H22N2O4. The summed E-state index contributed by atoms with van der Waals surface area (Å²) in [4.78, 5) is 16.5. The van der Waals surface area contributed by atoms with Crippen molar-refractivity contribution in [1.82, 2.24) is 10.3 Å². The second kappa shape index (κ2) is 6.95. The molecule has 2 aromatic rings. The van der Waals surface area contributed by atoms with E-state index in [2.05, 4.69) is 10.3 Å². The fourth-order valence-corrected chi connectivity index (χ4v) is 2.80. The Morgan fingerprint density at radius 1 is 1.46 bits per heavy atom. The van der Waals surface area contributed by atoms with E-state index >= 15 is 0 Å². The van der Waals surface area contributed by atoms with Crippen LogP contribution in [-0.2, 0) is 12.8 Å². The van der Waals surface area contributed by atoms with Crippen LogP contribution in [0.25, 0.3) is 0 Å². The summed E-state index contributed by atoms with van der Waals surface area (Å²) in [7, 11) is 1.64. The van der Waals surface area contributed by atoms with Crippen molar-refractivity contribution in [3.63, 3.8) is 0 Å². The number of carbonyl (C=O) groups is 1. The number of fused-ring (bicyclic) bond motifs is 1. The molecule has 1 aromatic heterocycles. The Hall–Kier alpha value is -2.50. The van der Waals surface area contributed by atoms with E-state index in [0.717, 1.165) is 23.5 Å². The van der Waals surface area contributed by atoms with Gasteiger partial charge < -0.3 is 19.2 Å². The average molecular weight is 330 g/mol. The lowest BCUT2D eigenvalue weighted by Gasteiger charge is -2.25. The smallest absolute Gasteiger partial charge is 0.289 e. The Morgan fingerprint density at radius 3 is 3.00 bits per heavy atom. The average Bonchev–Trinajstić information content (AvgIpc) is 3.00. The van der Waals surface area contributed by atoms with Gasteiger partial charge in [-0.05, 0) is 25.0 Å². The molecule has 1 amide bonds. The predicted octanol–water partition coefficient (Wildman–Crippen LogP) is 2.54. The zero-order valence-corrected chi connectivity index (χ0v) is 14.2. The molecule has 2 heterocycles. The molecule has 0 saturated carbocycles. The number of aromatic nitrogens is 1. The van der Waals surface area contributed by atoms with Gasteiger partial charge in [0.05, 0.1) is 19.4 Å². The van der Waals surface area contributed by atoms with Crippen LogP contribution >= 0.6 is 0 Å². The van der Waals surface area contributed by atoms with Crippen LogP contribution in [-0.4, -0.2) is 31.2 Å². The lowest BCUT2D eigenvalue weighted by atomic mass is 9.96. The largest absolute Gasteiger partial charge is 0.497 e. The zero-order chi connectivity index (χ0) is 17.1. The van der Waals surface area contributed by atoms with E-state index in [1.807, 2.05) is 25.1 Å². The highest BCUT2D eigenvalue weighted by molar-refractivity contribution is 5.92. The van der Waals surface area contributed by atoms with Crippen molar-refractivity contribution in [2.45, 2.75) is 26.7 Å². The fourth-order valence-electron chi connectivity index (χ4n) is 2.80. The first kappa shape index (κ1) is 16.4. The Bertz CT molecular complexity index is 739. The number of aryl methyl sites for hydroxylation is 2. The summed E-state index contributed by atoms with van der Waals surface area (Å²) in [6.45, 7) is 4.83. The monoisotopic (exact) mass is 330 g/mol. The van der Waals surface area contributed by atoms with Crippen molar-refractivity contribution in [1.29, 1.82) is 0 Å². The topological polar surface area (TPSA) is 73.6 Å². The van der Waals surface area contributed by atoms with Gasteiger partial charge >= 0.3 is 0 Å². The number of amides is 1. The molecule has 0 saturated heterocycles. The number of carbonyl (C=O) groups excluding carboxylic acids is 1. The molecule has 128 valence electrons. The van der Waals surface area contributed by atoms with E-state index in [-0.39, 0.29) is 11.8 Å². The van der Waals surface area contributed by atoms with Crippen LogP contribution < -0.4 is 14.8 Å². The highest BCUT2D eigenvalue weighted by Crippen LogP contribution is 2.30. The van der Waals surface area contributed by atoms with Gasteiger partial charge in [0.15, 0.2) is 5.89 Å². The van der Waals surface area contributed by atoms with Crippen molar-refractivity contribution < 1.29 is 18.7 Å². The summed E-state index contributed by atoms with van der Waals surface area (Å²) in [5, 5.41) is 2.92. The molecule has 1 N–H and O–H groups in total. The molecule has 24 heavy (non-hydrogen) atoms. The second-order valence-corrected chi connectivity index (χ2v) is 5.94. The van der Waals surface area contributed by atoms with Gasteiger partial charge in [-0.3, -0.25) is 4.79 Å². The Labute approximate surface area is 141 Å². The zero-order valence-electron chi connectivity index (χ0n) is 14.2. The molecule has 0 fully saturated rings. The van der Waals surface area contributed by atoms with Crippen LogP contribution in [0.5, 0.6) is 11.5 Å². The van der Waals surface area contributed by atoms with Crippen molar-refractivity contribution in [3.05, 3.63) is 41.1 Å². The van der Waals surface area contributed by atoms with Gasteiger partial charge in [-0.25, -0.2) is 4.98 Å². The first-order chi connectivity index (χ1) is 11.6. The molecule has 0 aliphatic carbocycles. The van der Waals surface area contributed by atoms with Gasteiger partial charge in [-0.15, -0.1) is 0 Å². The van der Waals surface area contributed by atoms with Crippen molar-refractivity contribution in [2.75, 3.05) is 20.3 Å². The maximum Gasteiger partial charge on any atom is 0.289 e. The second-order valence-electron chi connectivity index (χ2n) is 5.94. The van der Waals surface area contributed by atoms with Gasteiger partial charge in [0.25, 0.3) is 5.91 Å². The molecule has 1 aromatic carbocycles. The SMILES string of the molecule is CCc1nc(C)c(C(=O)NC[C@H]2COc3cc(OC)ccc3C2)o1. The maximum atomic E-state index is 12.3. The molecule has 0 unspecified atom stereocenters. The molecule has 0 bridgehead atoms. The molecule has 1 aliphatic rings. The van der Waals surface area contributed by atoms with E-state index in [4.69, 9.17) is 13.9 Å². The van der Waals surface area contributed by atoms with E-state index < -0.39 is 0 Å². The number of nitrogens with zero attached hydrogens (tertiary/aromatic N) is 1. The molecule has 1 aliphatic heterocycles. The minimum absolute atomic E-state index is 0.222. The Balaban J connectivity index is 1.59. The van der Waals surface area contributed by atoms with Crippen LogP contribution in [0.4, 0.5) is 0 Å². The van der Waals surface area contributed by atoms with E-state index in [0.29, 0.717) is 36.9 Å². The number of nitrogens with one attached hydrogen (secondary N) is 1. The number of hydrogen-bond acceptors (Lipinski definition) is 5. The van der Waals surface area contributed by atoms with Gasteiger partial charge in [-0.2, -0.15) is 0 Å². The third-order valence-corrected chi connectivity index (χ3v) is 4.16. The molecule has 1 atom stereocenters. The van der Waals surface area contributed by atoms with Crippen LogP contribution in [0.1, 0.15) is 34.6 Å². The summed E-state index contributed by atoms with van der Waals surface area (Å²) in [6, 6.07) is 5.83. The summed E-state index contributed by atoms with van der Waals surface area (Å²) in [5.74, 6) is 2.53. The van der Waals surface area contributed by atoms with Gasteiger partial charge in [-0.1, -0.05) is 13.0 Å². The summed E-state index contributed by atoms with van der Waals surface area (Å²) < 4.78 is 16.5. The van der Waals surface area contributed by atoms with Gasteiger partial charge in [0, 0.05) is 24.9 Å². The number of benzene rings is 1. The molecule has 6 nitrogen and oxygen atoms in total. The quantitative estimate of drug-likeness (QED) is 0.912. The van der Waals surface area contributed by atoms with Crippen LogP contribution in [0, 0.1) is 12.8 Å². The van der Waals surface area contributed by atoms with Crippen LogP contribution in [0.15, 0.2) is 22.6 Å². The fraction of sp³-hybridized carbons (Fsp3) is 0.444. The first-order valence-corrected chi connectivity index (χ1v) is 8.15. The standard InChI is InChI=1S/C18H22N2O4/c1-4-16-20-11(2)17(24-16)18(21)19-9-12-7-13-5-6-14(22-3)8-15(13)23-10-12/h5-6,8,12H,4,7,9-10H2,1-3H3,(H,19,21)/t12-/m0/s1. The van der Waals surface area contributed by atoms with Gasteiger partial charge in [0.2, 0.25) is 5.76 Å². The first-order valence-electron chi connectivity index (χ1n) is 8.15. The van der Waals surface area contributed by atoms with E-state index in [9.17, 15) is 4.79 Å². The number of oxazole rings is 1. The molecule has 0 radical (unpaired) electrons. The minimum Gasteiger partial charge on any atom is -0.497 e. The third-order valence-electron chi connectivity index (χ3n) is 4.16. The van der Waals surface area contributed by atoms with Crippen molar-refractivity contribution in [2.24, 2.45) is 5.92 Å². The van der Waals surface area contributed by atoms with Crippen molar-refractivity contribution >= 4 is 5.91 Å². The van der Waals surface area contributed by atoms with Crippen LogP contribution in [0.2, 0.25) is 0 Å². The lowest BCUT2D eigenvalue weighted by Crippen LogP contribution is -2.34. The summed E-state index contributed by atoms with van der Waals surface area (Å²) in [6.07, 6.45) is 1.53. The third kappa shape index (κ3) is 3.37. The number of ether oxygens (including phenoxy) is 2. The summed E-state index contributed by atoms with van der Waals surface area (Å²) in [5.41, 5.74) is 1.76. The minimum atomic E-state index is -0.222. The van der Waals surface area contributed by atoms with E-state index in [1.54, 1.807) is 14.0 Å². The molecule has 6 heteroatoms. The number of methoxy groups -OCH3 is 1.